The summed E-state index contributed by atoms with van der Waals surface area (Å²) in [5, 5.41) is 0. The molecule has 0 saturated carbocycles. The van der Waals surface area contributed by atoms with Gasteiger partial charge < -0.3 is 9.47 Å². The molecule has 0 aliphatic rings. The number of rotatable bonds is 3. The first-order valence-electron chi connectivity index (χ1n) is 4.21. The van der Waals surface area contributed by atoms with Crippen LogP contribution in [0.4, 0.5) is 0 Å². The molecular weight excluding hydrogens is 336 g/mol. The minimum atomic E-state index is -4.02. The predicted molar refractivity (Wildman–Crippen MR) is 65.1 cm³/mol. The largest absolute Gasteiger partial charge is 0.494 e. The number of hydrogen-bond acceptors (Lipinski definition) is 5. The van der Waals surface area contributed by atoms with Crippen molar-refractivity contribution in [1.82, 2.24) is 0 Å². The van der Waals surface area contributed by atoms with Gasteiger partial charge in [-0.15, -0.1) is 0 Å². The lowest BCUT2D eigenvalue weighted by Gasteiger charge is -2.09. The Bertz CT molecular complexity index is 555. The molecule has 17 heavy (non-hydrogen) atoms. The van der Waals surface area contributed by atoms with Crippen LogP contribution in [-0.2, 0) is 13.8 Å². The van der Waals surface area contributed by atoms with E-state index in [1.54, 1.807) is 0 Å². The monoisotopic (exact) mass is 342 g/mol. The lowest BCUT2D eigenvalue weighted by Crippen LogP contribution is -2.05. The van der Waals surface area contributed by atoms with Crippen LogP contribution in [0.3, 0.4) is 0 Å². The molecule has 0 radical (unpaired) electrons. The molecule has 0 atom stereocenters. The van der Waals surface area contributed by atoms with Crippen molar-refractivity contribution in [2.45, 2.75) is 4.90 Å². The van der Waals surface area contributed by atoms with E-state index >= 15 is 0 Å². The SMILES string of the molecule is COC(=O)c1cc(Br)c(OC)c(S(=O)(=O)Cl)c1. The van der Waals surface area contributed by atoms with Gasteiger partial charge >= 0.3 is 5.97 Å². The molecule has 1 rings (SSSR count). The zero-order chi connectivity index (χ0) is 13.2. The smallest absolute Gasteiger partial charge is 0.337 e. The quantitative estimate of drug-likeness (QED) is 0.621. The summed E-state index contributed by atoms with van der Waals surface area (Å²) >= 11 is 3.09. The standard InChI is InChI=1S/C9H8BrClO5S/c1-15-8-6(10)3-5(9(12)16-2)4-7(8)17(11,13)14/h3-4H,1-2H3. The number of methoxy groups -OCH3 is 2. The highest BCUT2D eigenvalue weighted by Crippen LogP contribution is 2.35. The second kappa shape index (κ2) is 5.24. The summed E-state index contributed by atoms with van der Waals surface area (Å²) in [6.07, 6.45) is 0. The Morgan fingerprint density at radius 1 is 1.35 bits per heavy atom. The van der Waals surface area contributed by atoms with E-state index in [1.807, 2.05) is 0 Å². The molecule has 0 fully saturated rings. The summed E-state index contributed by atoms with van der Waals surface area (Å²) in [4.78, 5) is 11.0. The first kappa shape index (κ1) is 14.3. The summed E-state index contributed by atoms with van der Waals surface area (Å²) in [5.74, 6) is -0.637. The van der Waals surface area contributed by atoms with Crippen molar-refractivity contribution >= 4 is 41.6 Å². The summed E-state index contributed by atoms with van der Waals surface area (Å²) < 4.78 is 32.4. The molecular formula is C9H8BrClO5S. The molecule has 0 aliphatic carbocycles. The van der Waals surface area contributed by atoms with Gasteiger partial charge in [-0.2, -0.15) is 0 Å². The normalized spacial score (nSPS) is 11.1. The average molecular weight is 344 g/mol. The Morgan fingerprint density at radius 2 is 1.94 bits per heavy atom. The Labute approximate surface area is 111 Å². The van der Waals surface area contributed by atoms with Gasteiger partial charge in [0, 0.05) is 10.7 Å². The predicted octanol–water partition coefficient (Wildman–Crippen LogP) is 2.17. The van der Waals surface area contributed by atoms with Crippen LogP contribution in [0.2, 0.25) is 0 Å². The van der Waals surface area contributed by atoms with Crippen LogP contribution in [0.1, 0.15) is 10.4 Å². The third-order valence-electron chi connectivity index (χ3n) is 1.90. The van der Waals surface area contributed by atoms with Crippen LogP contribution >= 0.6 is 26.6 Å². The molecule has 0 aromatic heterocycles. The topological polar surface area (TPSA) is 69.7 Å². The van der Waals surface area contributed by atoms with E-state index in [1.165, 1.54) is 20.3 Å². The molecule has 0 bridgehead atoms. The maximum atomic E-state index is 11.3. The van der Waals surface area contributed by atoms with E-state index in [9.17, 15) is 13.2 Å². The Balaban J connectivity index is 3.56. The summed E-state index contributed by atoms with van der Waals surface area (Å²) in [5.41, 5.74) is 0.0550. The van der Waals surface area contributed by atoms with Crippen molar-refractivity contribution < 1.29 is 22.7 Å². The summed E-state index contributed by atoms with van der Waals surface area (Å²) in [6, 6.07) is 2.48. The third-order valence-corrected chi connectivity index (χ3v) is 3.81. The van der Waals surface area contributed by atoms with E-state index in [4.69, 9.17) is 15.4 Å². The van der Waals surface area contributed by atoms with Gasteiger partial charge in [0.2, 0.25) is 0 Å². The van der Waals surface area contributed by atoms with E-state index in [0.29, 0.717) is 4.47 Å². The van der Waals surface area contributed by atoms with E-state index in [-0.39, 0.29) is 16.2 Å². The fourth-order valence-electron chi connectivity index (χ4n) is 1.18. The van der Waals surface area contributed by atoms with Gasteiger partial charge in [0.15, 0.2) is 5.75 Å². The van der Waals surface area contributed by atoms with Crippen molar-refractivity contribution in [2.75, 3.05) is 14.2 Å². The molecule has 0 amide bonds. The molecule has 0 spiro atoms. The fraction of sp³-hybridized carbons (Fsp3) is 0.222. The van der Waals surface area contributed by atoms with Crippen molar-refractivity contribution in [3.05, 3.63) is 22.2 Å². The van der Waals surface area contributed by atoms with Gasteiger partial charge in [0.1, 0.15) is 4.90 Å². The van der Waals surface area contributed by atoms with Gasteiger partial charge in [-0.25, -0.2) is 13.2 Å². The highest BCUT2D eigenvalue weighted by Gasteiger charge is 2.22. The first-order valence-corrected chi connectivity index (χ1v) is 7.32. The average Bonchev–Trinajstić information content (AvgIpc) is 2.25. The zero-order valence-corrected chi connectivity index (χ0v) is 12.0. The Hall–Kier alpha value is -0.790. The fourth-order valence-corrected chi connectivity index (χ4v) is 2.96. The summed E-state index contributed by atoms with van der Waals surface area (Å²) in [7, 11) is 3.72. The zero-order valence-electron chi connectivity index (χ0n) is 8.86. The van der Waals surface area contributed by atoms with Gasteiger partial charge in [-0.3, -0.25) is 0 Å². The second-order valence-corrected chi connectivity index (χ2v) is 6.31. The number of esters is 1. The van der Waals surface area contributed by atoms with Crippen LogP contribution in [0.5, 0.6) is 5.75 Å². The third kappa shape index (κ3) is 3.11. The van der Waals surface area contributed by atoms with Gasteiger partial charge in [0.05, 0.1) is 24.3 Å². The lowest BCUT2D eigenvalue weighted by atomic mass is 10.2. The second-order valence-electron chi connectivity index (χ2n) is 2.92. The minimum Gasteiger partial charge on any atom is -0.494 e. The van der Waals surface area contributed by atoms with Crippen LogP contribution in [-0.4, -0.2) is 28.6 Å². The molecule has 0 aliphatic heterocycles. The number of benzene rings is 1. The maximum absolute atomic E-state index is 11.3. The van der Waals surface area contributed by atoms with Crippen LogP contribution in [0.15, 0.2) is 21.5 Å². The van der Waals surface area contributed by atoms with Gasteiger partial charge in [0.25, 0.3) is 9.05 Å². The van der Waals surface area contributed by atoms with Crippen molar-refractivity contribution in [3.8, 4) is 5.75 Å². The van der Waals surface area contributed by atoms with Crippen LogP contribution < -0.4 is 4.74 Å². The molecule has 0 heterocycles. The number of carbonyl (C=O) groups excluding carboxylic acids is 1. The molecule has 0 saturated heterocycles. The molecule has 1 aromatic carbocycles. The number of carbonyl (C=O) groups is 1. The maximum Gasteiger partial charge on any atom is 0.337 e. The molecule has 1 aromatic rings. The number of hydrogen-bond donors (Lipinski definition) is 0. The highest BCUT2D eigenvalue weighted by molar-refractivity contribution is 9.10. The van der Waals surface area contributed by atoms with Gasteiger partial charge in [-0.1, -0.05) is 0 Å². The molecule has 8 heteroatoms. The lowest BCUT2D eigenvalue weighted by molar-refractivity contribution is 0.0600. The number of halogens is 2. The van der Waals surface area contributed by atoms with Gasteiger partial charge in [-0.05, 0) is 28.1 Å². The summed E-state index contributed by atoms with van der Waals surface area (Å²) in [6.45, 7) is 0. The molecule has 5 nitrogen and oxygen atoms in total. The number of ether oxygens (including phenoxy) is 2. The molecule has 0 unspecified atom stereocenters. The molecule has 94 valence electrons. The van der Waals surface area contributed by atoms with E-state index < -0.39 is 15.0 Å². The first-order chi connectivity index (χ1) is 7.81. The van der Waals surface area contributed by atoms with E-state index in [0.717, 1.165) is 6.07 Å². The highest BCUT2D eigenvalue weighted by atomic mass is 79.9. The molecule has 0 N–H and O–H groups in total. The van der Waals surface area contributed by atoms with Crippen LogP contribution in [0, 0.1) is 0 Å². The minimum absolute atomic E-state index is 0.0349. The Kier molecular flexibility index (Phi) is 4.40. The Morgan fingerprint density at radius 3 is 2.35 bits per heavy atom. The van der Waals surface area contributed by atoms with E-state index in [2.05, 4.69) is 20.7 Å². The van der Waals surface area contributed by atoms with Crippen molar-refractivity contribution in [3.63, 3.8) is 0 Å². The van der Waals surface area contributed by atoms with Crippen LogP contribution in [0.25, 0.3) is 0 Å². The van der Waals surface area contributed by atoms with Crippen molar-refractivity contribution in [1.29, 1.82) is 0 Å². The van der Waals surface area contributed by atoms with Crippen molar-refractivity contribution in [2.24, 2.45) is 0 Å².